The van der Waals surface area contributed by atoms with Crippen molar-refractivity contribution in [1.82, 2.24) is 20.3 Å². The molecule has 8 nitrogen and oxygen atoms in total. The largest absolute Gasteiger partial charge is 0.378 e. The molecule has 142 valence electrons. The van der Waals surface area contributed by atoms with Gasteiger partial charge in [-0.2, -0.15) is 4.98 Å². The van der Waals surface area contributed by atoms with Crippen LogP contribution in [-0.2, 0) is 4.74 Å². The molecule has 4 heterocycles. The fourth-order valence-corrected chi connectivity index (χ4v) is 3.88. The van der Waals surface area contributed by atoms with Crippen LogP contribution in [0, 0.1) is 0 Å². The second-order valence-corrected chi connectivity index (χ2v) is 7.13. The third-order valence-electron chi connectivity index (χ3n) is 4.50. The highest BCUT2D eigenvalue weighted by molar-refractivity contribution is 7.13. The van der Waals surface area contributed by atoms with Crippen molar-refractivity contribution in [3.05, 3.63) is 21.9 Å². The average Bonchev–Trinajstić information content (AvgIpc) is 3.17. The average molecular weight is 399 g/mol. The number of aromatic amines is 1. The standard InChI is InChI=1S/C16H22N6O2S.ClH/c23-14-12(15-18-4-9-25-15)13(19-11-2-1-3-17-10-11)20-16(21-14)22-5-7-24-8-6-22;/h4,9,11,17H,1-3,5-8,10H2,(H2,19,20,21,23);1H/t11-;/m1./s1. The van der Waals surface area contributed by atoms with E-state index < -0.39 is 0 Å². The number of nitrogens with one attached hydrogen (secondary N) is 3. The van der Waals surface area contributed by atoms with Gasteiger partial charge in [0.2, 0.25) is 5.95 Å². The number of aromatic nitrogens is 3. The van der Waals surface area contributed by atoms with Crippen LogP contribution in [0.25, 0.3) is 10.6 Å². The van der Waals surface area contributed by atoms with Gasteiger partial charge in [-0.15, -0.1) is 23.7 Å². The van der Waals surface area contributed by atoms with Gasteiger partial charge in [-0.3, -0.25) is 9.78 Å². The summed E-state index contributed by atoms with van der Waals surface area (Å²) in [4.78, 5) is 26.8. The summed E-state index contributed by atoms with van der Waals surface area (Å²) >= 11 is 1.45. The number of rotatable bonds is 4. The molecule has 0 saturated carbocycles. The highest BCUT2D eigenvalue weighted by Gasteiger charge is 2.22. The summed E-state index contributed by atoms with van der Waals surface area (Å²) in [6.07, 6.45) is 3.89. The topological polar surface area (TPSA) is 95.2 Å². The minimum atomic E-state index is -0.155. The molecular formula is C16H23ClN6O2S. The molecule has 0 bridgehead atoms. The van der Waals surface area contributed by atoms with Crippen LogP contribution in [0.2, 0.25) is 0 Å². The molecule has 2 aromatic rings. The predicted octanol–water partition coefficient (Wildman–Crippen LogP) is 1.32. The minimum Gasteiger partial charge on any atom is -0.378 e. The van der Waals surface area contributed by atoms with Crippen molar-refractivity contribution < 1.29 is 4.74 Å². The second-order valence-electron chi connectivity index (χ2n) is 6.24. The van der Waals surface area contributed by atoms with E-state index >= 15 is 0 Å². The number of hydrogen-bond donors (Lipinski definition) is 3. The van der Waals surface area contributed by atoms with Crippen molar-refractivity contribution >= 4 is 35.5 Å². The maximum Gasteiger partial charge on any atom is 0.264 e. The fourth-order valence-electron chi connectivity index (χ4n) is 3.20. The number of thiazole rings is 1. The second kappa shape index (κ2) is 8.81. The molecule has 0 radical (unpaired) electrons. The zero-order valence-electron chi connectivity index (χ0n) is 14.4. The molecule has 2 aliphatic heterocycles. The number of halogens is 1. The van der Waals surface area contributed by atoms with Crippen molar-refractivity contribution in [2.75, 3.05) is 49.6 Å². The van der Waals surface area contributed by atoms with E-state index in [1.165, 1.54) is 11.3 Å². The fraction of sp³-hybridized carbons (Fsp3) is 0.562. The molecule has 4 rings (SSSR count). The molecule has 0 unspecified atom stereocenters. The van der Waals surface area contributed by atoms with Crippen molar-refractivity contribution in [2.45, 2.75) is 18.9 Å². The van der Waals surface area contributed by atoms with Crippen LogP contribution >= 0.6 is 23.7 Å². The molecule has 0 aliphatic carbocycles. The van der Waals surface area contributed by atoms with E-state index in [4.69, 9.17) is 9.72 Å². The summed E-state index contributed by atoms with van der Waals surface area (Å²) in [6.45, 7) is 4.66. The van der Waals surface area contributed by atoms with E-state index in [0.29, 0.717) is 35.6 Å². The molecule has 26 heavy (non-hydrogen) atoms. The number of piperidine rings is 1. The number of H-pyrrole nitrogens is 1. The summed E-state index contributed by atoms with van der Waals surface area (Å²) in [7, 11) is 0. The van der Waals surface area contributed by atoms with Gasteiger partial charge in [-0.05, 0) is 19.4 Å². The van der Waals surface area contributed by atoms with Gasteiger partial charge in [0.05, 0.1) is 13.2 Å². The molecule has 1 atom stereocenters. The Morgan fingerprint density at radius 1 is 1.35 bits per heavy atom. The number of morpholine rings is 1. The van der Waals surface area contributed by atoms with Crippen molar-refractivity contribution in [3.63, 3.8) is 0 Å². The molecule has 2 fully saturated rings. The van der Waals surface area contributed by atoms with E-state index in [1.807, 2.05) is 5.38 Å². The molecule has 0 spiro atoms. The van der Waals surface area contributed by atoms with Crippen LogP contribution in [0.4, 0.5) is 11.8 Å². The summed E-state index contributed by atoms with van der Waals surface area (Å²) in [5.41, 5.74) is 0.371. The highest BCUT2D eigenvalue weighted by Crippen LogP contribution is 2.27. The highest BCUT2D eigenvalue weighted by atomic mass is 35.5. The van der Waals surface area contributed by atoms with E-state index in [1.54, 1.807) is 6.20 Å². The Labute approximate surface area is 161 Å². The third kappa shape index (κ3) is 4.17. The Morgan fingerprint density at radius 2 is 2.19 bits per heavy atom. The third-order valence-corrected chi connectivity index (χ3v) is 5.29. The molecular weight excluding hydrogens is 376 g/mol. The minimum absolute atomic E-state index is 0. The maximum absolute atomic E-state index is 12.8. The Balaban J connectivity index is 0.00000196. The summed E-state index contributed by atoms with van der Waals surface area (Å²) in [6, 6.07) is 0.263. The summed E-state index contributed by atoms with van der Waals surface area (Å²) in [5.74, 6) is 1.22. The Bertz CT molecular complexity index is 757. The Kier molecular flexibility index (Phi) is 6.47. The molecule has 2 aromatic heterocycles. The van der Waals surface area contributed by atoms with Gasteiger partial charge in [0.1, 0.15) is 16.4 Å². The first-order valence-electron chi connectivity index (χ1n) is 8.65. The molecule has 0 amide bonds. The van der Waals surface area contributed by atoms with Crippen LogP contribution in [0.15, 0.2) is 16.4 Å². The molecule has 10 heteroatoms. The zero-order valence-corrected chi connectivity index (χ0v) is 16.0. The van der Waals surface area contributed by atoms with Gasteiger partial charge < -0.3 is 20.3 Å². The Morgan fingerprint density at radius 3 is 2.88 bits per heavy atom. The van der Waals surface area contributed by atoms with Crippen LogP contribution in [0.1, 0.15) is 12.8 Å². The van der Waals surface area contributed by atoms with E-state index in [-0.39, 0.29) is 24.0 Å². The SMILES string of the molecule is Cl.O=c1[nH]c(N2CCOCC2)nc(N[C@@H]2CCCNC2)c1-c1nccs1. The molecule has 2 saturated heterocycles. The lowest BCUT2D eigenvalue weighted by atomic mass is 10.1. The first-order valence-corrected chi connectivity index (χ1v) is 9.53. The number of anilines is 2. The van der Waals surface area contributed by atoms with Crippen LogP contribution in [0.3, 0.4) is 0 Å². The first-order chi connectivity index (χ1) is 12.3. The molecule has 3 N–H and O–H groups in total. The monoisotopic (exact) mass is 398 g/mol. The van der Waals surface area contributed by atoms with Crippen molar-refractivity contribution in [1.29, 1.82) is 0 Å². The summed E-state index contributed by atoms with van der Waals surface area (Å²) < 4.78 is 5.39. The lowest BCUT2D eigenvalue weighted by Crippen LogP contribution is -2.40. The maximum atomic E-state index is 12.8. The summed E-state index contributed by atoms with van der Waals surface area (Å²) in [5, 5.41) is 9.42. The normalized spacial score (nSPS) is 20.5. The molecule has 0 aromatic carbocycles. The lowest BCUT2D eigenvalue weighted by Gasteiger charge is -2.29. The smallest absolute Gasteiger partial charge is 0.264 e. The van der Waals surface area contributed by atoms with Gasteiger partial charge >= 0.3 is 0 Å². The van der Waals surface area contributed by atoms with Crippen LogP contribution in [-0.4, -0.2) is 60.4 Å². The van der Waals surface area contributed by atoms with E-state index in [9.17, 15) is 4.79 Å². The van der Waals surface area contributed by atoms with Crippen molar-refractivity contribution in [3.8, 4) is 10.6 Å². The van der Waals surface area contributed by atoms with Gasteiger partial charge in [0.15, 0.2) is 0 Å². The first kappa shape index (κ1) is 19.1. The van der Waals surface area contributed by atoms with E-state index in [2.05, 4.69) is 25.5 Å². The van der Waals surface area contributed by atoms with Crippen LogP contribution in [0.5, 0.6) is 0 Å². The van der Waals surface area contributed by atoms with Gasteiger partial charge in [0, 0.05) is 37.3 Å². The van der Waals surface area contributed by atoms with Gasteiger partial charge in [0.25, 0.3) is 5.56 Å². The predicted molar refractivity (Wildman–Crippen MR) is 106 cm³/mol. The van der Waals surface area contributed by atoms with Crippen LogP contribution < -0.4 is 21.1 Å². The Hall–Kier alpha value is -1.68. The number of hydrogen-bond acceptors (Lipinski definition) is 8. The lowest BCUT2D eigenvalue weighted by molar-refractivity contribution is 0.122. The number of nitrogens with zero attached hydrogens (tertiary/aromatic N) is 3. The van der Waals surface area contributed by atoms with Crippen molar-refractivity contribution in [2.24, 2.45) is 0 Å². The van der Waals surface area contributed by atoms with Gasteiger partial charge in [-0.1, -0.05) is 0 Å². The van der Waals surface area contributed by atoms with Gasteiger partial charge in [-0.25, -0.2) is 4.98 Å². The quantitative estimate of drug-likeness (QED) is 0.714. The van der Waals surface area contributed by atoms with E-state index in [0.717, 1.165) is 39.0 Å². The number of ether oxygens (including phenoxy) is 1. The zero-order chi connectivity index (χ0) is 17.1. The molecule has 2 aliphatic rings.